The van der Waals surface area contributed by atoms with Gasteiger partial charge in [0.2, 0.25) is 0 Å². The van der Waals surface area contributed by atoms with E-state index in [0.29, 0.717) is 12.2 Å². The van der Waals surface area contributed by atoms with Crippen LogP contribution in [0.4, 0.5) is 0 Å². The second kappa shape index (κ2) is 4.86. The molecule has 4 heteroatoms. The summed E-state index contributed by atoms with van der Waals surface area (Å²) < 4.78 is 5.18. The van der Waals surface area contributed by atoms with Gasteiger partial charge in [-0.15, -0.1) is 0 Å². The fourth-order valence-corrected chi connectivity index (χ4v) is 5.04. The van der Waals surface area contributed by atoms with Crippen LogP contribution in [0.2, 0.25) is 19.6 Å². The van der Waals surface area contributed by atoms with Gasteiger partial charge in [-0.3, -0.25) is 0 Å². The Hall–Kier alpha value is -1.39. The third kappa shape index (κ3) is 2.23. The molecule has 0 aromatic heterocycles. The van der Waals surface area contributed by atoms with Gasteiger partial charge in [0.25, 0.3) is 0 Å². The van der Waals surface area contributed by atoms with Gasteiger partial charge in [-0.2, -0.15) is 0 Å². The highest BCUT2D eigenvalue weighted by Crippen LogP contribution is 2.48. The number of carbonyl (C=O) groups excluding carboxylic acids is 1. The van der Waals surface area contributed by atoms with E-state index in [1.54, 1.807) is 13.8 Å². The lowest BCUT2D eigenvalue weighted by Gasteiger charge is -2.24. The maximum absolute atomic E-state index is 12.4. The summed E-state index contributed by atoms with van der Waals surface area (Å²) in [5.74, 6) is -0.397. The zero-order chi connectivity index (χ0) is 15.1. The van der Waals surface area contributed by atoms with Crippen molar-refractivity contribution in [1.82, 2.24) is 0 Å². The van der Waals surface area contributed by atoms with Crippen LogP contribution in [0, 0.1) is 0 Å². The number of carbonyl (C=O) groups is 1. The van der Waals surface area contributed by atoms with Gasteiger partial charge in [-0.1, -0.05) is 43.9 Å². The zero-order valence-corrected chi connectivity index (χ0v) is 13.8. The first kappa shape index (κ1) is 15.0. The first-order valence-corrected chi connectivity index (χ1v) is 10.5. The van der Waals surface area contributed by atoms with Crippen molar-refractivity contribution in [3.8, 4) is 0 Å². The van der Waals surface area contributed by atoms with E-state index in [-0.39, 0.29) is 0 Å². The van der Waals surface area contributed by atoms with Crippen molar-refractivity contribution >= 4 is 19.2 Å². The van der Waals surface area contributed by atoms with Gasteiger partial charge in [0, 0.05) is 0 Å². The molecule has 1 aliphatic rings. The minimum absolute atomic E-state index is 0.313. The molecule has 0 saturated carbocycles. The molecule has 0 spiro atoms. The predicted octanol–water partition coefficient (Wildman–Crippen LogP) is 3.10. The van der Waals surface area contributed by atoms with E-state index < -0.39 is 19.6 Å². The summed E-state index contributed by atoms with van der Waals surface area (Å²) >= 11 is 0. The molecule has 1 aromatic carbocycles. The molecule has 20 heavy (non-hydrogen) atoms. The number of benzene rings is 1. The van der Waals surface area contributed by atoms with Crippen molar-refractivity contribution in [2.24, 2.45) is 0 Å². The molecule has 0 heterocycles. The van der Waals surface area contributed by atoms with Crippen LogP contribution in [-0.2, 0) is 15.1 Å². The molecule has 0 saturated heterocycles. The predicted molar refractivity (Wildman–Crippen MR) is 82.9 cm³/mol. The maximum Gasteiger partial charge on any atom is 0.337 e. The first-order valence-electron chi connectivity index (χ1n) is 6.95. The third-order valence-corrected chi connectivity index (χ3v) is 5.71. The van der Waals surface area contributed by atoms with Crippen LogP contribution in [0.5, 0.6) is 0 Å². The van der Waals surface area contributed by atoms with E-state index in [4.69, 9.17) is 4.74 Å². The summed E-state index contributed by atoms with van der Waals surface area (Å²) in [6, 6.07) is 7.72. The highest BCUT2D eigenvalue weighted by molar-refractivity contribution is 6.94. The number of hydrogen-bond acceptors (Lipinski definition) is 3. The normalized spacial score (nSPS) is 21.9. The van der Waals surface area contributed by atoms with Crippen LogP contribution < -0.4 is 0 Å². The monoisotopic (exact) mass is 290 g/mol. The lowest BCUT2D eigenvalue weighted by Crippen LogP contribution is -2.31. The summed E-state index contributed by atoms with van der Waals surface area (Å²) in [7, 11) is -1.80. The summed E-state index contributed by atoms with van der Waals surface area (Å²) in [6.07, 6.45) is 0. The molecule has 3 nitrogen and oxygen atoms in total. The Morgan fingerprint density at radius 1 is 1.30 bits per heavy atom. The van der Waals surface area contributed by atoms with Gasteiger partial charge in [0.15, 0.2) is 0 Å². The lowest BCUT2D eigenvalue weighted by atomic mass is 9.93. The molecule has 0 amide bonds. The number of aliphatic hydroxyl groups is 1. The molecular formula is C16H22O3Si. The zero-order valence-electron chi connectivity index (χ0n) is 12.8. The molecule has 0 bridgehead atoms. The molecular weight excluding hydrogens is 268 g/mol. The number of fused-ring (bicyclic) bond motifs is 1. The van der Waals surface area contributed by atoms with E-state index in [1.807, 2.05) is 24.3 Å². The summed E-state index contributed by atoms with van der Waals surface area (Å²) in [5.41, 5.74) is 0.971. The standard InChI is InChI=1S/C16H22O3Si/c1-6-19-15(17)13-14(20(3,4)5)11-9-7-8-10-12(11)16(13,2)18/h7-10,18H,6H2,1-5H3. The van der Waals surface area contributed by atoms with Crippen LogP contribution in [0.15, 0.2) is 29.8 Å². The second-order valence-corrected chi connectivity index (χ2v) is 11.3. The van der Waals surface area contributed by atoms with Gasteiger partial charge >= 0.3 is 5.97 Å². The van der Waals surface area contributed by atoms with E-state index in [2.05, 4.69) is 19.6 Å². The Bertz CT molecular complexity index is 580. The molecule has 0 fully saturated rings. The average molecular weight is 290 g/mol. The van der Waals surface area contributed by atoms with Crippen LogP contribution in [-0.4, -0.2) is 25.8 Å². The highest BCUT2D eigenvalue weighted by atomic mass is 28.3. The van der Waals surface area contributed by atoms with Crippen LogP contribution in [0.1, 0.15) is 25.0 Å². The Morgan fingerprint density at radius 3 is 2.45 bits per heavy atom. The number of ether oxygens (including phenoxy) is 1. The maximum atomic E-state index is 12.4. The van der Waals surface area contributed by atoms with Gasteiger partial charge < -0.3 is 9.84 Å². The SMILES string of the molecule is CCOC(=O)C1=C([Si](C)(C)C)c2ccccc2C1(C)O. The number of hydrogen-bond donors (Lipinski definition) is 1. The molecule has 1 atom stereocenters. The topological polar surface area (TPSA) is 46.5 Å². The first-order chi connectivity index (χ1) is 9.21. The van der Waals surface area contributed by atoms with Crippen molar-refractivity contribution in [3.63, 3.8) is 0 Å². The largest absolute Gasteiger partial charge is 0.463 e. The number of rotatable bonds is 3. The second-order valence-electron chi connectivity index (χ2n) is 6.34. The van der Waals surface area contributed by atoms with Crippen LogP contribution >= 0.6 is 0 Å². The average Bonchev–Trinajstić information content (AvgIpc) is 2.58. The minimum Gasteiger partial charge on any atom is -0.463 e. The highest BCUT2D eigenvalue weighted by Gasteiger charge is 2.47. The van der Waals surface area contributed by atoms with E-state index in [9.17, 15) is 9.90 Å². The van der Waals surface area contributed by atoms with Gasteiger partial charge in [0.1, 0.15) is 5.60 Å². The minimum atomic E-state index is -1.80. The molecule has 1 N–H and O–H groups in total. The Kier molecular flexibility index (Phi) is 3.65. The van der Waals surface area contributed by atoms with Crippen molar-refractivity contribution in [2.45, 2.75) is 39.1 Å². The van der Waals surface area contributed by atoms with Crippen molar-refractivity contribution < 1.29 is 14.6 Å². The van der Waals surface area contributed by atoms with Crippen LogP contribution in [0.3, 0.4) is 0 Å². The van der Waals surface area contributed by atoms with Crippen LogP contribution in [0.25, 0.3) is 5.20 Å². The number of esters is 1. The Morgan fingerprint density at radius 2 is 1.90 bits per heavy atom. The Labute approximate surface area is 121 Å². The quantitative estimate of drug-likeness (QED) is 0.687. The molecule has 1 aromatic rings. The summed E-state index contributed by atoms with van der Waals surface area (Å²) in [4.78, 5) is 12.4. The molecule has 2 rings (SSSR count). The fourth-order valence-electron chi connectivity index (χ4n) is 2.92. The fraction of sp³-hybridized carbons (Fsp3) is 0.438. The summed E-state index contributed by atoms with van der Waals surface area (Å²) in [6.45, 7) is 10.3. The molecule has 0 aliphatic heterocycles. The van der Waals surface area contributed by atoms with Crippen molar-refractivity contribution in [3.05, 3.63) is 41.0 Å². The third-order valence-electron chi connectivity index (χ3n) is 3.69. The van der Waals surface area contributed by atoms with Gasteiger partial charge in [-0.05, 0) is 30.2 Å². The van der Waals surface area contributed by atoms with Gasteiger partial charge in [0.05, 0.1) is 20.3 Å². The van der Waals surface area contributed by atoms with E-state index in [1.165, 1.54) is 0 Å². The summed E-state index contributed by atoms with van der Waals surface area (Å²) in [5, 5.41) is 11.9. The van der Waals surface area contributed by atoms with Gasteiger partial charge in [-0.25, -0.2) is 4.79 Å². The Balaban J connectivity index is 2.74. The molecule has 108 valence electrons. The van der Waals surface area contributed by atoms with E-state index >= 15 is 0 Å². The van der Waals surface area contributed by atoms with Crippen molar-refractivity contribution in [1.29, 1.82) is 0 Å². The lowest BCUT2D eigenvalue weighted by molar-refractivity contribution is -0.140. The van der Waals surface area contributed by atoms with E-state index in [0.717, 1.165) is 16.3 Å². The molecule has 0 radical (unpaired) electrons. The smallest absolute Gasteiger partial charge is 0.337 e. The molecule has 1 unspecified atom stereocenters. The molecule has 1 aliphatic carbocycles. The van der Waals surface area contributed by atoms with Crippen molar-refractivity contribution in [2.75, 3.05) is 6.61 Å².